The lowest BCUT2D eigenvalue weighted by Gasteiger charge is -2.14. The van der Waals surface area contributed by atoms with Crippen molar-refractivity contribution in [2.45, 2.75) is 26.4 Å². The fraction of sp³-hybridized carbons (Fsp3) is 0.308. The Morgan fingerprint density at radius 3 is 2.83 bits per heavy atom. The van der Waals surface area contributed by atoms with Gasteiger partial charge in [0.05, 0.1) is 8.67 Å². The minimum absolute atomic E-state index is 0.167. The number of hydrogen-bond donors (Lipinski definition) is 1. The van der Waals surface area contributed by atoms with E-state index in [1.54, 1.807) is 6.20 Å². The molecule has 2 aromatic heterocycles. The molecule has 1 atom stereocenters. The fourth-order valence-corrected chi connectivity index (χ4v) is 3.35. The quantitative estimate of drug-likeness (QED) is 0.892. The highest BCUT2D eigenvalue weighted by Gasteiger charge is 2.13. The van der Waals surface area contributed by atoms with Crippen molar-refractivity contribution in [2.75, 3.05) is 0 Å². The molecule has 0 aliphatic heterocycles. The van der Waals surface area contributed by atoms with E-state index in [4.69, 9.17) is 23.2 Å². The summed E-state index contributed by atoms with van der Waals surface area (Å²) in [6.07, 6.45) is 3.69. The predicted octanol–water partition coefficient (Wildman–Crippen LogP) is 4.61. The maximum absolute atomic E-state index is 6.13. The molecule has 2 nitrogen and oxygen atoms in total. The van der Waals surface area contributed by atoms with E-state index in [1.807, 2.05) is 18.3 Å². The fourth-order valence-electron chi connectivity index (χ4n) is 1.70. The standard InChI is InChI=1S/C13H14Cl2N2S/c1-8-3-4-16-6-10(8)7-17-9(2)11-5-12(14)18-13(11)15/h3-6,9,17H,7H2,1-2H3. The van der Waals surface area contributed by atoms with Crippen LogP contribution in [0.5, 0.6) is 0 Å². The average molecular weight is 301 g/mol. The van der Waals surface area contributed by atoms with Crippen LogP contribution in [0.2, 0.25) is 8.67 Å². The highest BCUT2D eigenvalue weighted by Crippen LogP contribution is 2.34. The van der Waals surface area contributed by atoms with Crippen LogP contribution in [0.4, 0.5) is 0 Å². The molecule has 0 aliphatic carbocycles. The second-order valence-corrected chi connectivity index (χ2v) is 6.47. The zero-order valence-electron chi connectivity index (χ0n) is 10.2. The van der Waals surface area contributed by atoms with E-state index in [1.165, 1.54) is 22.5 Å². The molecule has 0 aliphatic rings. The van der Waals surface area contributed by atoms with Gasteiger partial charge in [0.2, 0.25) is 0 Å². The summed E-state index contributed by atoms with van der Waals surface area (Å²) >= 11 is 13.5. The van der Waals surface area contributed by atoms with Crippen molar-refractivity contribution in [2.24, 2.45) is 0 Å². The van der Waals surface area contributed by atoms with Gasteiger partial charge < -0.3 is 5.32 Å². The van der Waals surface area contributed by atoms with Gasteiger partial charge in [-0.15, -0.1) is 11.3 Å². The van der Waals surface area contributed by atoms with Crippen molar-refractivity contribution in [1.82, 2.24) is 10.3 Å². The molecule has 1 N–H and O–H groups in total. The summed E-state index contributed by atoms with van der Waals surface area (Å²) in [6, 6.07) is 4.10. The van der Waals surface area contributed by atoms with Gasteiger partial charge in [-0.05, 0) is 42.7 Å². The SMILES string of the molecule is Cc1ccncc1CNC(C)c1cc(Cl)sc1Cl. The molecule has 0 amide bonds. The van der Waals surface area contributed by atoms with Crippen LogP contribution in [0.3, 0.4) is 0 Å². The molecule has 5 heteroatoms. The number of hydrogen-bond acceptors (Lipinski definition) is 3. The van der Waals surface area contributed by atoms with Crippen LogP contribution in [-0.2, 0) is 6.54 Å². The van der Waals surface area contributed by atoms with Crippen LogP contribution in [0.15, 0.2) is 24.5 Å². The van der Waals surface area contributed by atoms with Crippen molar-refractivity contribution >= 4 is 34.5 Å². The Labute approximate surface area is 121 Å². The number of pyridine rings is 1. The van der Waals surface area contributed by atoms with E-state index >= 15 is 0 Å². The molecule has 2 heterocycles. The highest BCUT2D eigenvalue weighted by molar-refractivity contribution is 7.20. The highest BCUT2D eigenvalue weighted by atomic mass is 35.5. The van der Waals surface area contributed by atoms with Gasteiger partial charge in [0.25, 0.3) is 0 Å². The van der Waals surface area contributed by atoms with E-state index in [0.29, 0.717) is 0 Å². The van der Waals surface area contributed by atoms with Crippen molar-refractivity contribution < 1.29 is 0 Å². The lowest BCUT2D eigenvalue weighted by Crippen LogP contribution is -2.18. The summed E-state index contributed by atoms with van der Waals surface area (Å²) in [5.74, 6) is 0. The van der Waals surface area contributed by atoms with Gasteiger partial charge in [-0.1, -0.05) is 23.2 Å². The maximum Gasteiger partial charge on any atom is 0.0991 e. The molecule has 0 aromatic carbocycles. The first-order valence-corrected chi connectivity index (χ1v) is 7.22. The number of rotatable bonds is 4. The normalized spacial score (nSPS) is 12.7. The lowest BCUT2D eigenvalue weighted by molar-refractivity contribution is 0.574. The molecule has 0 bridgehead atoms. The predicted molar refractivity (Wildman–Crippen MR) is 78.6 cm³/mol. The molecular formula is C13H14Cl2N2S. The Balaban J connectivity index is 2.03. The molecule has 0 saturated heterocycles. The average Bonchev–Trinajstić information content (AvgIpc) is 2.67. The second kappa shape index (κ2) is 6.02. The van der Waals surface area contributed by atoms with Gasteiger partial charge in [-0.2, -0.15) is 0 Å². The zero-order valence-corrected chi connectivity index (χ0v) is 12.5. The van der Waals surface area contributed by atoms with Gasteiger partial charge in [0.1, 0.15) is 0 Å². The molecule has 96 valence electrons. The molecule has 0 spiro atoms. The Hall–Kier alpha value is -0.610. The lowest BCUT2D eigenvalue weighted by atomic mass is 10.1. The number of aromatic nitrogens is 1. The third kappa shape index (κ3) is 3.23. The van der Waals surface area contributed by atoms with Crippen LogP contribution >= 0.6 is 34.5 Å². The minimum atomic E-state index is 0.167. The first kappa shape index (κ1) is 13.8. The Kier molecular flexibility index (Phi) is 4.62. The monoisotopic (exact) mass is 300 g/mol. The second-order valence-electron chi connectivity index (χ2n) is 4.18. The molecule has 1 unspecified atom stereocenters. The topological polar surface area (TPSA) is 24.9 Å². The van der Waals surface area contributed by atoms with E-state index < -0.39 is 0 Å². The van der Waals surface area contributed by atoms with Crippen LogP contribution in [0.1, 0.15) is 29.7 Å². The molecule has 0 radical (unpaired) electrons. The number of halogens is 2. The summed E-state index contributed by atoms with van der Waals surface area (Å²) in [4.78, 5) is 4.13. The van der Waals surface area contributed by atoms with Crippen LogP contribution in [-0.4, -0.2) is 4.98 Å². The summed E-state index contributed by atoms with van der Waals surface area (Å²) in [7, 11) is 0. The first-order valence-electron chi connectivity index (χ1n) is 5.65. The number of nitrogens with one attached hydrogen (secondary N) is 1. The van der Waals surface area contributed by atoms with Crippen molar-refractivity contribution in [3.05, 3.63) is 49.9 Å². The number of nitrogens with zero attached hydrogens (tertiary/aromatic N) is 1. The molecule has 0 fully saturated rings. The maximum atomic E-state index is 6.13. The third-order valence-corrected chi connectivity index (χ3v) is 4.41. The van der Waals surface area contributed by atoms with Gasteiger partial charge in [0.15, 0.2) is 0 Å². The third-order valence-electron chi connectivity index (χ3n) is 2.90. The Bertz CT molecular complexity index is 540. The minimum Gasteiger partial charge on any atom is -0.306 e. The van der Waals surface area contributed by atoms with Gasteiger partial charge >= 0.3 is 0 Å². The zero-order chi connectivity index (χ0) is 13.1. The Morgan fingerprint density at radius 1 is 1.44 bits per heavy atom. The van der Waals surface area contributed by atoms with E-state index in [2.05, 4.69) is 24.1 Å². The molecule has 18 heavy (non-hydrogen) atoms. The van der Waals surface area contributed by atoms with Crippen molar-refractivity contribution in [3.63, 3.8) is 0 Å². The van der Waals surface area contributed by atoms with Gasteiger partial charge in [-0.25, -0.2) is 0 Å². The van der Waals surface area contributed by atoms with E-state index in [-0.39, 0.29) is 6.04 Å². The molecule has 0 saturated carbocycles. The van der Waals surface area contributed by atoms with Crippen LogP contribution < -0.4 is 5.32 Å². The first-order chi connectivity index (χ1) is 8.58. The summed E-state index contributed by atoms with van der Waals surface area (Å²) in [5.41, 5.74) is 3.48. The molecule has 2 aromatic rings. The summed E-state index contributed by atoms with van der Waals surface area (Å²) in [6.45, 7) is 4.93. The Morgan fingerprint density at radius 2 is 2.22 bits per heavy atom. The smallest absolute Gasteiger partial charge is 0.0991 e. The van der Waals surface area contributed by atoms with Gasteiger partial charge in [-0.3, -0.25) is 4.98 Å². The van der Waals surface area contributed by atoms with Crippen molar-refractivity contribution in [3.8, 4) is 0 Å². The summed E-state index contributed by atoms with van der Waals surface area (Å²) < 4.78 is 1.48. The van der Waals surface area contributed by atoms with Crippen LogP contribution in [0.25, 0.3) is 0 Å². The molecule has 2 rings (SSSR count). The largest absolute Gasteiger partial charge is 0.306 e. The number of aryl methyl sites for hydroxylation is 1. The van der Waals surface area contributed by atoms with E-state index in [9.17, 15) is 0 Å². The van der Waals surface area contributed by atoms with Crippen molar-refractivity contribution in [1.29, 1.82) is 0 Å². The van der Waals surface area contributed by atoms with E-state index in [0.717, 1.165) is 20.8 Å². The van der Waals surface area contributed by atoms with Gasteiger partial charge in [0, 0.05) is 25.0 Å². The summed E-state index contributed by atoms with van der Waals surface area (Å²) in [5, 5.41) is 3.43. The molecular weight excluding hydrogens is 287 g/mol. The number of thiophene rings is 1. The van der Waals surface area contributed by atoms with Crippen LogP contribution in [0, 0.1) is 6.92 Å².